The van der Waals surface area contributed by atoms with Crippen LogP contribution in [0.3, 0.4) is 0 Å². The number of allylic oxidation sites excluding steroid dienone is 4. The average molecular weight is 399 g/mol. The number of hydrogen-bond donors (Lipinski definition) is 0. The Kier molecular flexibility index (Phi) is 8.87. The number of ether oxygens (including phenoxy) is 1. The maximum Gasteiger partial charge on any atom is 0.414 e. The number of cyclic esters (lactones) is 1. The summed E-state index contributed by atoms with van der Waals surface area (Å²) < 4.78 is 24.8. The third-order valence-corrected chi connectivity index (χ3v) is 4.64. The maximum absolute atomic E-state index is 14.5. The Balaban J connectivity index is 1.97. The fraction of sp³-hybridized carbons (Fsp3) is 0.579. The van der Waals surface area contributed by atoms with Gasteiger partial charge in [-0.2, -0.15) is 0 Å². The van der Waals surface area contributed by atoms with Gasteiger partial charge < -0.3 is 13.8 Å². The molecule has 2 atom stereocenters. The molecule has 8 heteroatoms. The molecular weight excluding hydrogens is 371 g/mol. The van der Waals surface area contributed by atoms with Gasteiger partial charge in [-0.25, -0.2) is 9.18 Å². The van der Waals surface area contributed by atoms with E-state index in [1.807, 2.05) is 24.0 Å². The number of amides is 1. The smallest absolute Gasteiger partial charge is 0.414 e. The lowest BCUT2D eigenvalue weighted by Crippen LogP contribution is -2.33. The highest BCUT2D eigenvalue weighted by Gasteiger charge is 2.30. The molecule has 0 bridgehead atoms. The standard InChI is InChI=1S/C19H27FN2O4S/c1-3-4-5-16(21-10-7-17(23)8-11-21)12-15(20)6-9-22-13-18(14-25-27-2)26-19(22)24/h4-6,9,12,15,18H,3,7-8,10-11,13-14H2,1-2H3/b5-4-,9-6+,16-12?. The monoisotopic (exact) mass is 398 g/mol. The van der Waals surface area contributed by atoms with Crippen LogP contribution in [0, 0.1) is 0 Å². The summed E-state index contributed by atoms with van der Waals surface area (Å²) in [6.07, 6.45) is 9.51. The molecule has 2 heterocycles. The van der Waals surface area contributed by atoms with Crippen LogP contribution in [0.5, 0.6) is 0 Å². The molecule has 2 aliphatic rings. The van der Waals surface area contributed by atoms with Gasteiger partial charge in [0.25, 0.3) is 0 Å². The van der Waals surface area contributed by atoms with E-state index in [2.05, 4.69) is 0 Å². The Labute approximate surface area is 164 Å². The van der Waals surface area contributed by atoms with Crippen LogP contribution in [0.2, 0.25) is 0 Å². The molecule has 0 spiro atoms. The van der Waals surface area contributed by atoms with Gasteiger partial charge in [-0.05, 0) is 36.7 Å². The molecule has 0 radical (unpaired) electrons. The van der Waals surface area contributed by atoms with Crippen LogP contribution in [0.25, 0.3) is 0 Å². The van der Waals surface area contributed by atoms with E-state index in [0.29, 0.717) is 39.1 Å². The van der Waals surface area contributed by atoms with Gasteiger partial charge >= 0.3 is 6.09 Å². The Bertz CT molecular complexity index is 599. The minimum atomic E-state index is -1.35. The molecule has 0 saturated carbocycles. The lowest BCUT2D eigenvalue weighted by Gasteiger charge is -2.29. The number of nitrogens with zero attached hydrogens (tertiary/aromatic N) is 2. The highest BCUT2D eigenvalue weighted by atomic mass is 32.2. The molecule has 27 heavy (non-hydrogen) atoms. The molecule has 0 aromatic rings. The molecule has 2 unspecified atom stereocenters. The number of alkyl halides is 1. The van der Waals surface area contributed by atoms with E-state index in [1.165, 1.54) is 35.3 Å². The van der Waals surface area contributed by atoms with Crippen LogP contribution in [-0.4, -0.2) is 66.4 Å². The molecule has 0 aromatic heterocycles. The predicted octanol–water partition coefficient (Wildman–Crippen LogP) is 3.47. The van der Waals surface area contributed by atoms with Crippen molar-refractivity contribution in [2.45, 2.75) is 38.5 Å². The molecule has 2 aliphatic heterocycles. The second-order valence-electron chi connectivity index (χ2n) is 6.32. The van der Waals surface area contributed by atoms with Gasteiger partial charge in [0.05, 0.1) is 6.54 Å². The van der Waals surface area contributed by atoms with Gasteiger partial charge in [0, 0.05) is 44.1 Å². The van der Waals surface area contributed by atoms with E-state index in [1.54, 1.807) is 6.26 Å². The van der Waals surface area contributed by atoms with E-state index < -0.39 is 12.3 Å². The third kappa shape index (κ3) is 7.03. The van der Waals surface area contributed by atoms with E-state index in [4.69, 9.17) is 8.92 Å². The van der Waals surface area contributed by atoms with Crippen molar-refractivity contribution in [3.63, 3.8) is 0 Å². The quantitative estimate of drug-likeness (QED) is 0.438. The second kappa shape index (κ2) is 11.1. The number of carbonyl (C=O) groups is 2. The Hall–Kier alpha value is -1.80. The first-order valence-electron chi connectivity index (χ1n) is 9.13. The normalized spacial score (nSPS) is 22.9. The topological polar surface area (TPSA) is 59.1 Å². The molecule has 2 saturated heterocycles. The second-order valence-corrected chi connectivity index (χ2v) is 6.89. The molecular formula is C19H27FN2O4S. The zero-order valence-electron chi connectivity index (χ0n) is 15.8. The lowest BCUT2D eigenvalue weighted by molar-refractivity contribution is -0.121. The summed E-state index contributed by atoms with van der Waals surface area (Å²) in [4.78, 5) is 26.6. The molecule has 1 amide bonds. The Morgan fingerprint density at radius 2 is 2.15 bits per heavy atom. The van der Waals surface area contributed by atoms with Gasteiger partial charge in [-0.3, -0.25) is 9.69 Å². The van der Waals surface area contributed by atoms with Crippen molar-refractivity contribution >= 4 is 23.9 Å². The Morgan fingerprint density at radius 1 is 1.41 bits per heavy atom. The van der Waals surface area contributed by atoms with Crippen molar-refractivity contribution in [3.8, 4) is 0 Å². The summed E-state index contributed by atoms with van der Waals surface area (Å²) in [6, 6.07) is 0. The van der Waals surface area contributed by atoms with Crippen molar-refractivity contribution in [1.29, 1.82) is 0 Å². The fourth-order valence-electron chi connectivity index (χ4n) is 2.82. The van der Waals surface area contributed by atoms with E-state index in [9.17, 15) is 14.0 Å². The van der Waals surface area contributed by atoms with Crippen LogP contribution in [-0.2, 0) is 13.7 Å². The predicted molar refractivity (Wildman–Crippen MR) is 104 cm³/mol. The van der Waals surface area contributed by atoms with Crippen molar-refractivity contribution in [2.24, 2.45) is 0 Å². The van der Waals surface area contributed by atoms with E-state index in [0.717, 1.165) is 12.1 Å². The maximum atomic E-state index is 14.5. The number of halogens is 1. The van der Waals surface area contributed by atoms with Gasteiger partial charge in [-0.15, -0.1) is 0 Å². The third-order valence-electron chi connectivity index (χ3n) is 4.26. The summed E-state index contributed by atoms with van der Waals surface area (Å²) in [5.41, 5.74) is 0.761. The van der Waals surface area contributed by atoms with Gasteiger partial charge in [0.2, 0.25) is 0 Å². The van der Waals surface area contributed by atoms with E-state index in [-0.39, 0.29) is 11.9 Å². The number of likely N-dealkylation sites (tertiary alicyclic amines) is 1. The molecule has 0 aliphatic carbocycles. The fourth-order valence-corrected chi connectivity index (χ4v) is 3.11. The van der Waals surface area contributed by atoms with Gasteiger partial charge in [0.15, 0.2) is 0 Å². The highest BCUT2D eigenvalue weighted by molar-refractivity contribution is 7.93. The SMILES string of the molecule is CC/C=C\C(=CC(F)/C=C/N1CC(COSC)OC1=O)N1CCC(=O)CC1. The van der Waals surface area contributed by atoms with Crippen molar-refractivity contribution < 1.29 is 22.9 Å². The highest BCUT2D eigenvalue weighted by Crippen LogP contribution is 2.17. The van der Waals surface area contributed by atoms with Crippen LogP contribution in [0.1, 0.15) is 26.2 Å². The Morgan fingerprint density at radius 3 is 2.81 bits per heavy atom. The van der Waals surface area contributed by atoms with Gasteiger partial charge in [0.1, 0.15) is 24.7 Å². The number of hydrogen-bond acceptors (Lipinski definition) is 6. The molecule has 6 nitrogen and oxygen atoms in total. The largest absolute Gasteiger partial charge is 0.441 e. The van der Waals surface area contributed by atoms with E-state index >= 15 is 0 Å². The van der Waals surface area contributed by atoms with Crippen LogP contribution >= 0.6 is 12.0 Å². The van der Waals surface area contributed by atoms with Crippen molar-refractivity contribution in [2.75, 3.05) is 32.5 Å². The summed E-state index contributed by atoms with van der Waals surface area (Å²) in [5.74, 6) is 0.245. The number of Topliss-reactive ketones (excluding diaryl/α,β-unsaturated/α-hetero) is 1. The molecule has 2 fully saturated rings. The minimum absolute atomic E-state index is 0.245. The summed E-state index contributed by atoms with van der Waals surface area (Å²) >= 11 is 1.21. The first-order chi connectivity index (χ1) is 13.0. The molecule has 2 rings (SSSR count). The van der Waals surface area contributed by atoms with Crippen LogP contribution in [0.4, 0.5) is 9.18 Å². The number of piperidine rings is 1. The van der Waals surface area contributed by atoms with Crippen LogP contribution in [0.15, 0.2) is 36.2 Å². The average Bonchev–Trinajstić information content (AvgIpc) is 3.02. The van der Waals surface area contributed by atoms with Crippen molar-refractivity contribution in [1.82, 2.24) is 9.80 Å². The molecule has 0 aromatic carbocycles. The minimum Gasteiger partial charge on any atom is -0.441 e. The first kappa shape index (κ1) is 21.5. The summed E-state index contributed by atoms with van der Waals surface area (Å²) in [6.45, 7) is 3.85. The summed E-state index contributed by atoms with van der Waals surface area (Å²) in [5, 5.41) is 0. The molecule has 0 N–H and O–H groups in total. The number of rotatable bonds is 9. The zero-order valence-corrected chi connectivity index (χ0v) is 16.6. The first-order valence-corrected chi connectivity index (χ1v) is 10.3. The molecule has 150 valence electrons. The lowest BCUT2D eigenvalue weighted by atomic mass is 10.1. The number of carbonyl (C=O) groups excluding carboxylic acids is 2. The zero-order chi connectivity index (χ0) is 19.6. The van der Waals surface area contributed by atoms with Crippen molar-refractivity contribution in [3.05, 3.63) is 36.2 Å². The van der Waals surface area contributed by atoms with Gasteiger partial charge in [-0.1, -0.05) is 13.0 Å². The summed E-state index contributed by atoms with van der Waals surface area (Å²) in [7, 11) is 0. The number of ketones is 1. The van der Waals surface area contributed by atoms with Crippen LogP contribution < -0.4 is 0 Å².